The van der Waals surface area contributed by atoms with Crippen LogP contribution in [-0.2, 0) is 14.6 Å². The van der Waals surface area contributed by atoms with Crippen LogP contribution >= 0.6 is 0 Å². The van der Waals surface area contributed by atoms with E-state index >= 15 is 0 Å². The van der Waals surface area contributed by atoms with Crippen LogP contribution in [0.5, 0.6) is 0 Å². The zero-order valence-corrected chi connectivity index (χ0v) is 11.5. The van der Waals surface area contributed by atoms with Crippen molar-refractivity contribution in [2.45, 2.75) is 43.7 Å². The van der Waals surface area contributed by atoms with E-state index in [1.165, 1.54) is 0 Å². The van der Waals surface area contributed by atoms with Gasteiger partial charge in [-0.05, 0) is 19.3 Å². The summed E-state index contributed by atoms with van der Waals surface area (Å²) < 4.78 is 21.9. The van der Waals surface area contributed by atoms with Crippen molar-refractivity contribution in [1.82, 2.24) is 5.32 Å². The van der Waals surface area contributed by atoms with Crippen molar-refractivity contribution in [3.8, 4) is 0 Å². The van der Waals surface area contributed by atoms with Crippen LogP contribution in [0.25, 0.3) is 0 Å². The molecule has 4 N–H and O–H groups in total. The van der Waals surface area contributed by atoms with Gasteiger partial charge < -0.3 is 16.2 Å². The fourth-order valence-electron chi connectivity index (χ4n) is 2.06. The zero-order chi connectivity index (χ0) is 13.8. The van der Waals surface area contributed by atoms with Gasteiger partial charge in [0.1, 0.15) is 9.84 Å². The molecule has 1 unspecified atom stereocenters. The summed E-state index contributed by atoms with van der Waals surface area (Å²) in [5, 5.41) is 12.6. The number of aliphatic hydroxyl groups is 1. The van der Waals surface area contributed by atoms with E-state index < -0.39 is 27.4 Å². The fourth-order valence-corrected chi connectivity index (χ4v) is 2.75. The van der Waals surface area contributed by atoms with Crippen LogP contribution in [0.2, 0.25) is 0 Å². The third-order valence-corrected chi connectivity index (χ3v) is 4.24. The fraction of sp³-hybridized carbons (Fsp3) is 0.909. The second-order valence-corrected chi connectivity index (χ2v) is 7.43. The molecule has 0 bridgehead atoms. The van der Waals surface area contributed by atoms with Crippen molar-refractivity contribution in [2.75, 3.05) is 18.6 Å². The van der Waals surface area contributed by atoms with E-state index in [2.05, 4.69) is 5.32 Å². The lowest BCUT2D eigenvalue weighted by atomic mass is 10.0. The van der Waals surface area contributed by atoms with Gasteiger partial charge in [-0.3, -0.25) is 4.79 Å². The van der Waals surface area contributed by atoms with E-state index in [0.717, 1.165) is 19.1 Å². The van der Waals surface area contributed by atoms with Crippen LogP contribution in [0.15, 0.2) is 0 Å². The van der Waals surface area contributed by atoms with Gasteiger partial charge in [0.15, 0.2) is 0 Å². The predicted octanol–water partition coefficient (Wildman–Crippen LogP) is -0.830. The molecule has 1 aliphatic rings. The van der Waals surface area contributed by atoms with Crippen LogP contribution < -0.4 is 11.1 Å². The Kier molecular flexibility index (Phi) is 5.12. The topological polar surface area (TPSA) is 109 Å². The van der Waals surface area contributed by atoms with Crippen molar-refractivity contribution in [3.05, 3.63) is 0 Å². The van der Waals surface area contributed by atoms with Crippen molar-refractivity contribution in [3.63, 3.8) is 0 Å². The molecule has 1 rings (SSSR count). The molecule has 18 heavy (non-hydrogen) atoms. The number of carbonyl (C=O) groups is 1. The summed E-state index contributed by atoms with van der Waals surface area (Å²) >= 11 is 0. The molecule has 0 heterocycles. The van der Waals surface area contributed by atoms with Crippen LogP contribution in [0.1, 0.15) is 32.1 Å². The summed E-state index contributed by atoms with van der Waals surface area (Å²) in [6, 6.07) is -0.843. The van der Waals surface area contributed by atoms with Crippen LogP contribution in [0.4, 0.5) is 0 Å². The number of amides is 1. The molecule has 1 atom stereocenters. The monoisotopic (exact) mass is 278 g/mol. The Bertz CT molecular complexity index is 388. The highest BCUT2D eigenvalue weighted by Crippen LogP contribution is 2.28. The maximum Gasteiger partial charge on any atom is 0.237 e. The summed E-state index contributed by atoms with van der Waals surface area (Å²) in [5.41, 5.74) is 4.78. The van der Waals surface area contributed by atoms with E-state index in [1.54, 1.807) is 0 Å². The Morgan fingerprint density at radius 2 is 2.00 bits per heavy atom. The summed E-state index contributed by atoms with van der Waals surface area (Å²) in [6.07, 6.45) is 4.51. The molecule has 0 aliphatic heterocycles. The van der Waals surface area contributed by atoms with Crippen molar-refractivity contribution >= 4 is 15.7 Å². The Hall–Kier alpha value is -0.660. The first kappa shape index (κ1) is 15.4. The second kappa shape index (κ2) is 5.99. The van der Waals surface area contributed by atoms with Gasteiger partial charge in [0.2, 0.25) is 5.91 Å². The van der Waals surface area contributed by atoms with Gasteiger partial charge in [0.05, 0.1) is 17.4 Å². The van der Waals surface area contributed by atoms with Crippen molar-refractivity contribution < 1.29 is 18.3 Å². The molecule has 1 fully saturated rings. The number of nitrogens with one attached hydrogen (secondary N) is 1. The van der Waals surface area contributed by atoms with Crippen LogP contribution in [-0.4, -0.2) is 49.6 Å². The second-order valence-electron chi connectivity index (χ2n) is 5.17. The molecule has 0 spiro atoms. The number of sulfone groups is 1. The predicted molar refractivity (Wildman–Crippen MR) is 68.7 cm³/mol. The molecular weight excluding hydrogens is 256 g/mol. The minimum Gasteiger partial charge on any atom is -0.388 e. The quantitative estimate of drug-likeness (QED) is 0.587. The van der Waals surface area contributed by atoms with E-state index in [4.69, 9.17) is 5.73 Å². The average molecular weight is 278 g/mol. The molecule has 106 valence electrons. The summed E-state index contributed by atoms with van der Waals surface area (Å²) in [7, 11) is -3.10. The van der Waals surface area contributed by atoms with E-state index in [9.17, 15) is 18.3 Å². The SMILES string of the molecule is CS(=O)(=O)CCC(N)C(=O)NCC1(O)CCCC1. The molecule has 0 aromatic carbocycles. The third kappa shape index (κ3) is 5.32. The number of carbonyl (C=O) groups excluding carboxylic acids is 1. The lowest BCUT2D eigenvalue weighted by Crippen LogP contribution is -2.47. The average Bonchev–Trinajstić information content (AvgIpc) is 2.69. The number of hydrogen-bond acceptors (Lipinski definition) is 5. The Morgan fingerprint density at radius 1 is 1.44 bits per heavy atom. The number of rotatable bonds is 6. The van der Waals surface area contributed by atoms with E-state index in [-0.39, 0.29) is 18.7 Å². The van der Waals surface area contributed by atoms with E-state index in [0.29, 0.717) is 12.8 Å². The molecule has 1 amide bonds. The minimum absolute atomic E-state index is 0.100. The first-order valence-corrected chi connectivity index (χ1v) is 8.21. The zero-order valence-electron chi connectivity index (χ0n) is 10.7. The number of hydrogen-bond donors (Lipinski definition) is 3. The van der Waals surface area contributed by atoms with Gasteiger partial charge in [0.25, 0.3) is 0 Å². The van der Waals surface area contributed by atoms with Crippen molar-refractivity contribution in [1.29, 1.82) is 0 Å². The molecule has 7 heteroatoms. The first-order chi connectivity index (χ1) is 8.22. The van der Waals surface area contributed by atoms with E-state index in [1.807, 2.05) is 0 Å². The normalized spacial score (nSPS) is 20.6. The summed E-state index contributed by atoms with van der Waals surface area (Å²) in [6.45, 7) is 0.193. The summed E-state index contributed by atoms with van der Waals surface area (Å²) in [5.74, 6) is -0.509. The van der Waals surface area contributed by atoms with Gasteiger partial charge in [-0.25, -0.2) is 8.42 Å². The molecule has 0 aromatic rings. The molecule has 1 aliphatic carbocycles. The number of nitrogens with two attached hydrogens (primary N) is 1. The molecule has 6 nitrogen and oxygen atoms in total. The minimum atomic E-state index is -3.10. The van der Waals surface area contributed by atoms with Gasteiger partial charge >= 0.3 is 0 Å². The highest BCUT2D eigenvalue weighted by Gasteiger charge is 2.31. The Morgan fingerprint density at radius 3 is 2.50 bits per heavy atom. The molecule has 0 aromatic heterocycles. The Labute approximate surface area is 108 Å². The first-order valence-electron chi connectivity index (χ1n) is 6.15. The van der Waals surface area contributed by atoms with Gasteiger partial charge in [0, 0.05) is 12.8 Å². The Balaban J connectivity index is 2.31. The smallest absolute Gasteiger partial charge is 0.237 e. The van der Waals surface area contributed by atoms with Gasteiger partial charge in [-0.1, -0.05) is 12.8 Å². The maximum absolute atomic E-state index is 11.6. The maximum atomic E-state index is 11.6. The van der Waals surface area contributed by atoms with Gasteiger partial charge in [-0.15, -0.1) is 0 Å². The third-order valence-electron chi connectivity index (χ3n) is 3.26. The van der Waals surface area contributed by atoms with Crippen molar-refractivity contribution in [2.24, 2.45) is 5.73 Å². The molecule has 0 radical (unpaired) electrons. The molecule has 0 saturated heterocycles. The lowest BCUT2D eigenvalue weighted by molar-refractivity contribution is -0.123. The standard InChI is InChI=1S/C11H22N2O4S/c1-18(16,17)7-4-9(12)10(14)13-8-11(15)5-2-3-6-11/h9,15H,2-8,12H2,1H3,(H,13,14). The summed E-state index contributed by atoms with van der Waals surface area (Å²) in [4.78, 5) is 11.6. The molecular formula is C11H22N2O4S. The lowest BCUT2D eigenvalue weighted by Gasteiger charge is -2.23. The highest BCUT2D eigenvalue weighted by atomic mass is 32.2. The van der Waals surface area contributed by atoms with Crippen LogP contribution in [0, 0.1) is 0 Å². The largest absolute Gasteiger partial charge is 0.388 e. The highest BCUT2D eigenvalue weighted by molar-refractivity contribution is 7.90. The van der Waals surface area contributed by atoms with Gasteiger partial charge in [-0.2, -0.15) is 0 Å². The molecule has 1 saturated carbocycles. The van der Waals surface area contributed by atoms with Crippen LogP contribution in [0.3, 0.4) is 0 Å².